The zero-order chi connectivity index (χ0) is 40.6. The number of halogens is 2. The maximum atomic E-state index is 15.5. The van der Waals surface area contributed by atoms with Crippen molar-refractivity contribution >= 4 is 62.6 Å². The summed E-state index contributed by atoms with van der Waals surface area (Å²) in [5, 5.41) is 18.3. The van der Waals surface area contributed by atoms with Crippen LogP contribution in [0.1, 0.15) is 80.4 Å². The number of hydrogen-bond acceptors (Lipinski definition) is 5. The van der Waals surface area contributed by atoms with Crippen molar-refractivity contribution in [3.63, 3.8) is 0 Å². The number of carbonyl (C=O) groups excluding carboxylic acids is 1. The third-order valence-electron chi connectivity index (χ3n) is 12.1. The molecule has 2 aliphatic rings. The van der Waals surface area contributed by atoms with Crippen LogP contribution in [0.3, 0.4) is 0 Å². The van der Waals surface area contributed by atoms with E-state index >= 15 is 4.79 Å². The van der Waals surface area contributed by atoms with Crippen molar-refractivity contribution in [2.45, 2.75) is 73.4 Å². The van der Waals surface area contributed by atoms with Crippen LogP contribution in [-0.4, -0.2) is 74.1 Å². The summed E-state index contributed by atoms with van der Waals surface area (Å²) in [5.41, 5.74) is 10.8. The van der Waals surface area contributed by atoms with Gasteiger partial charge in [0.2, 0.25) is 0 Å². The normalized spacial score (nSPS) is 17.4. The van der Waals surface area contributed by atoms with Crippen LogP contribution >= 0.6 is 23.2 Å². The SMILES string of the molecule is Cc1cc(N2C[C@@H](C)n3c(c(CCCOc4cc(C)c(Cl)c(C)c4)c4ccc(Cl)c(-c5c(C)nn(C)c5C)c43)C2=O)c2c(c1)cc(C(=O)O)n2CC1CCN(C)C1. The van der Waals surface area contributed by atoms with Crippen LogP contribution in [0.5, 0.6) is 5.75 Å². The van der Waals surface area contributed by atoms with Crippen molar-refractivity contribution in [3.05, 3.63) is 97.5 Å². The molecular formula is C45H50Cl2N6O4. The average Bonchev–Trinajstić information content (AvgIpc) is 3.89. The molecule has 298 valence electrons. The van der Waals surface area contributed by atoms with E-state index < -0.39 is 5.97 Å². The molecule has 2 atom stereocenters. The Labute approximate surface area is 343 Å². The highest BCUT2D eigenvalue weighted by Gasteiger charge is 2.38. The maximum absolute atomic E-state index is 15.5. The number of hydrogen-bond donors (Lipinski definition) is 1. The number of carboxylic acids is 1. The number of aromatic carboxylic acids is 1. The second-order valence-corrected chi connectivity index (χ2v) is 17.1. The Bertz CT molecular complexity index is 2590. The van der Waals surface area contributed by atoms with Gasteiger partial charge < -0.3 is 28.8 Å². The summed E-state index contributed by atoms with van der Waals surface area (Å²) in [6.07, 6.45) is 2.23. The number of anilines is 1. The van der Waals surface area contributed by atoms with E-state index in [1.54, 1.807) is 6.07 Å². The zero-order valence-electron chi connectivity index (χ0n) is 34.0. The highest BCUT2D eigenvalue weighted by atomic mass is 35.5. The number of aryl methyl sites for hydroxylation is 6. The molecule has 12 heteroatoms. The van der Waals surface area contributed by atoms with Gasteiger partial charge in [-0.05, 0) is 139 Å². The van der Waals surface area contributed by atoms with E-state index in [0.29, 0.717) is 49.2 Å². The zero-order valence-corrected chi connectivity index (χ0v) is 35.5. The van der Waals surface area contributed by atoms with E-state index in [4.69, 9.17) is 33.0 Å². The number of nitrogens with zero attached hydrogens (tertiary/aromatic N) is 6. The Morgan fingerprint density at radius 3 is 2.35 bits per heavy atom. The van der Waals surface area contributed by atoms with Gasteiger partial charge in [-0.2, -0.15) is 5.10 Å². The number of likely N-dealkylation sites (tertiary alicyclic amines) is 1. The minimum absolute atomic E-state index is 0.122. The quantitative estimate of drug-likeness (QED) is 0.139. The number of fused-ring (bicyclic) bond motifs is 4. The molecule has 3 aromatic heterocycles. The number of aromatic nitrogens is 4. The fourth-order valence-corrected chi connectivity index (χ4v) is 9.84. The van der Waals surface area contributed by atoms with Crippen LogP contribution in [0.15, 0.2) is 42.5 Å². The first-order chi connectivity index (χ1) is 27.1. The maximum Gasteiger partial charge on any atom is 0.352 e. The number of carbonyl (C=O) groups is 2. The molecule has 0 radical (unpaired) electrons. The van der Waals surface area contributed by atoms with Crippen molar-refractivity contribution in [1.82, 2.24) is 23.8 Å². The Morgan fingerprint density at radius 1 is 0.965 bits per heavy atom. The summed E-state index contributed by atoms with van der Waals surface area (Å²) in [6, 6.07) is 13.6. The van der Waals surface area contributed by atoms with Crippen LogP contribution in [0.4, 0.5) is 5.69 Å². The molecule has 0 spiro atoms. The summed E-state index contributed by atoms with van der Waals surface area (Å²) in [4.78, 5) is 32.4. The average molecular weight is 810 g/mol. The van der Waals surface area contributed by atoms with Gasteiger partial charge in [-0.25, -0.2) is 4.79 Å². The molecule has 1 N–H and O–H groups in total. The molecule has 2 aliphatic heterocycles. The van der Waals surface area contributed by atoms with Crippen molar-refractivity contribution < 1.29 is 19.4 Å². The van der Waals surface area contributed by atoms with Crippen molar-refractivity contribution in [2.24, 2.45) is 13.0 Å². The molecule has 0 saturated carbocycles. The first-order valence-corrected chi connectivity index (χ1v) is 20.5. The van der Waals surface area contributed by atoms with Crippen LogP contribution in [-0.2, 0) is 20.0 Å². The smallest absolute Gasteiger partial charge is 0.352 e. The second kappa shape index (κ2) is 14.9. The van der Waals surface area contributed by atoms with Crippen molar-refractivity contribution in [3.8, 4) is 16.9 Å². The summed E-state index contributed by atoms with van der Waals surface area (Å²) in [5.74, 6) is -0.0306. The fourth-order valence-electron chi connectivity index (χ4n) is 9.48. The third kappa shape index (κ3) is 6.69. The largest absolute Gasteiger partial charge is 0.494 e. The molecule has 1 amide bonds. The van der Waals surface area contributed by atoms with Crippen LogP contribution < -0.4 is 9.64 Å². The minimum Gasteiger partial charge on any atom is -0.494 e. The standard InChI is InChI=1S/C45H50Cl2N6O4/c1-24-16-31-20-37(45(55)56)51(23-30-13-14-49(7)22-30)41(31)36(17-24)52-21-27(4)53-42-34(11-12-35(46)39(42)38-28(5)48-50(8)29(38)6)33(43(53)44(52)54)10-9-15-57-32-18-25(2)40(47)26(3)19-32/h11-12,16-20,27,30H,9-10,13-15,21-23H2,1-8H3,(H,55,56)/t27-,30?/m1/s1. The van der Waals surface area contributed by atoms with E-state index in [2.05, 4.69) is 23.4 Å². The van der Waals surface area contributed by atoms with Gasteiger partial charge in [0.15, 0.2) is 0 Å². The molecule has 1 saturated heterocycles. The van der Waals surface area contributed by atoms with Crippen molar-refractivity contribution in [2.75, 3.05) is 38.2 Å². The lowest BCUT2D eigenvalue weighted by Crippen LogP contribution is -2.43. The van der Waals surface area contributed by atoms with Gasteiger partial charge in [0.25, 0.3) is 5.91 Å². The van der Waals surface area contributed by atoms with Gasteiger partial charge in [-0.15, -0.1) is 0 Å². The molecule has 5 heterocycles. The van der Waals surface area contributed by atoms with Gasteiger partial charge in [0.1, 0.15) is 17.1 Å². The lowest BCUT2D eigenvalue weighted by molar-refractivity contribution is 0.0684. The Morgan fingerprint density at radius 2 is 1.70 bits per heavy atom. The molecule has 1 unspecified atom stereocenters. The lowest BCUT2D eigenvalue weighted by atomic mass is 9.98. The van der Waals surface area contributed by atoms with Gasteiger partial charge in [-0.3, -0.25) is 9.48 Å². The van der Waals surface area contributed by atoms with Crippen molar-refractivity contribution in [1.29, 1.82) is 0 Å². The lowest BCUT2D eigenvalue weighted by Gasteiger charge is -2.35. The molecule has 0 aliphatic carbocycles. The molecule has 1 fully saturated rings. The summed E-state index contributed by atoms with van der Waals surface area (Å²) in [6.45, 7) is 15.4. The first kappa shape index (κ1) is 39.1. The molecule has 0 bridgehead atoms. The Kier molecular flexibility index (Phi) is 10.2. The number of benzene rings is 3. The molecule has 6 aromatic rings. The van der Waals surface area contributed by atoms with E-state index in [9.17, 15) is 9.90 Å². The van der Waals surface area contributed by atoms with Gasteiger partial charge in [0, 0.05) is 65.3 Å². The summed E-state index contributed by atoms with van der Waals surface area (Å²) >= 11 is 13.6. The molecule has 3 aromatic carbocycles. The van der Waals surface area contributed by atoms with E-state index in [-0.39, 0.29) is 17.6 Å². The van der Waals surface area contributed by atoms with Crippen LogP contribution in [0.25, 0.3) is 32.9 Å². The van der Waals surface area contributed by atoms with E-state index in [1.165, 1.54) is 0 Å². The summed E-state index contributed by atoms with van der Waals surface area (Å²) < 4.78 is 12.3. The monoisotopic (exact) mass is 808 g/mol. The number of ether oxygens (including phenoxy) is 1. The van der Waals surface area contributed by atoms with Crippen LogP contribution in [0.2, 0.25) is 10.0 Å². The highest BCUT2D eigenvalue weighted by Crippen LogP contribution is 2.46. The fraction of sp³-hybridized carbons (Fsp3) is 0.400. The first-order valence-electron chi connectivity index (χ1n) is 19.8. The predicted molar refractivity (Wildman–Crippen MR) is 229 cm³/mol. The molecule has 10 nitrogen and oxygen atoms in total. The molecular weight excluding hydrogens is 759 g/mol. The van der Waals surface area contributed by atoms with Gasteiger partial charge >= 0.3 is 5.97 Å². The highest BCUT2D eigenvalue weighted by molar-refractivity contribution is 6.35. The van der Waals surface area contributed by atoms with E-state index in [1.807, 2.05) is 92.2 Å². The second-order valence-electron chi connectivity index (χ2n) is 16.4. The van der Waals surface area contributed by atoms with Gasteiger partial charge in [-0.1, -0.05) is 29.3 Å². The Hall–Kier alpha value is -4.77. The topological polar surface area (TPSA) is 97.8 Å². The minimum atomic E-state index is -0.974. The molecule has 8 rings (SSSR count). The van der Waals surface area contributed by atoms with E-state index in [0.717, 1.165) is 103 Å². The number of carboxylic acid groups (broad SMARTS) is 1. The van der Waals surface area contributed by atoms with Gasteiger partial charge in [0.05, 0.1) is 34.0 Å². The predicted octanol–water partition coefficient (Wildman–Crippen LogP) is 9.73. The van der Waals surface area contributed by atoms with Crippen LogP contribution in [0, 0.1) is 40.5 Å². The molecule has 57 heavy (non-hydrogen) atoms. The number of rotatable bonds is 10. The Balaban J connectivity index is 1.28. The third-order valence-corrected chi connectivity index (χ3v) is 13.0. The number of amides is 1. The summed E-state index contributed by atoms with van der Waals surface area (Å²) in [7, 11) is 4.04.